The average molecular weight is 552 g/mol. The first kappa shape index (κ1) is 28.6. The number of carbonyl (C=O) groups is 2. The van der Waals surface area contributed by atoms with Crippen LogP contribution < -0.4 is 20.9 Å². The molecule has 4 N–H and O–H groups in total. The number of amides is 2. The summed E-state index contributed by atoms with van der Waals surface area (Å²) < 4.78 is 5.46. The molecule has 218 valence electrons. The minimum atomic E-state index is -0.957. The van der Waals surface area contributed by atoms with Gasteiger partial charge in [-0.1, -0.05) is 18.2 Å². The van der Waals surface area contributed by atoms with Gasteiger partial charge < -0.3 is 30.7 Å². The maximum absolute atomic E-state index is 13.4. The Morgan fingerprint density at radius 2 is 1.57 bits per heavy atom. The highest BCUT2D eigenvalue weighted by atomic mass is 16.5. The molecular weight excluding hydrogens is 506 g/mol. The number of hydrogen-bond donors (Lipinski definition) is 4. The molecule has 2 amide bonds. The smallest absolute Gasteiger partial charge is 0.404 e. The quantitative estimate of drug-likeness (QED) is 0.346. The van der Waals surface area contributed by atoms with Crippen LogP contribution in [0.5, 0.6) is 0 Å². The number of rotatable bonds is 10. The third-order valence-electron chi connectivity index (χ3n) is 9.15. The van der Waals surface area contributed by atoms with E-state index in [1.807, 2.05) is 30.3 Å². The van der Waals surface area contributed by atoms with E-state index >= 15 is 0 Å². The summed E-state index contributed by atoms with van der Waals surface area (Å²) in [6.45, 7) is 5.94. The van der Waals surface area contributed by atoms with Crippen molar-refractivity contribution in [3.63, 3.8) is 0 Å². The monoisotopic (exact) mass is 551 g/mol. The van der Waals surface area contributed by atoms with Gasteiger partial charge in [0, 0.05) is 50.8 Å². The molecule has 0 radical (unpaired) electrons. The molecule has 3 heterocycles. The van der Waals surface area contributed by atoms with Crippen molar-refractivity contribution in [2.75, 3.05) is 50.8 Å². The van der Waals surface area contributed by atoms with Gasteiger partial charge in [-0.3, -0.25) is 4.79 Å². The third-order valence-corrected chi connectivity index (χ3v) is 9.15. The van der Waals surface area contributed by atoms with Crippen molar-refractivity contribution in [1.82, 2.24) is 20.9 Å². The van der Waals surface area contributed by atoms with Crippen molar-refractivity contribution < 1.29 is 19.4 Å². The SMILES string of the molecule is O=C(O)NCC1CCC(CNC(=O)c2cc(N3CCC(CCNC4CCOCC4)CC3)nc3ccccc23)CC1. The number of pyridine rings is 1. The van der Waals surface area contributed by atoms with Crippen molar-refractivity contribution in [3.05, 3.63) is 35.9 Å². The van der Waals surface area contributed by atoms with E-state index in [9.17, 15) is 9.59 Å². The summed E-state index contributed by atoms with van der Waals surface area (Å²) in [7, 11) is 0. The van der Waals surface area contributed by atoms with Crippen molar-refractivity contribution >= 4 is 28.7 Å². The Balaban J connectivity index is 1.13. The number of hydrogen-bond acceptors (Lipinski definition) is 6. The summed E-state index contributed by atoms with van der Waals surface area (Å²) in [6, 6.07) is 10.5. The summed E-state index contributed by atoms with van der Waals surface area (Å²) in [5.41, 5.74) is 1.56. The van der Waals surface area contributed by atoms with Gasteiger partial charge in [-0.05, 0) is 94.2 Å². The van der Waals surface area contributed by atoms with Gasteiger partial charge in [0.15, 0.2) is 0 Å². The van der Waals surface area contributed by atoms with Gasteiger partial charge in [-0.15, -0.1) is 0 Å². The Bertz CT molecular complexity index is 1120. The zero-order valence-electron chi connectivity index (χ0n) is 23.6. The molecule has 3 fully saturated rings. The largest absolute Gasteiger partial charge is 0.465 e. The Labute approximate surface area is 237 Å². The fourth-order valence-corrected chi connectivity index (χ4v) is 6.56. The van der Waals surface area contributed by atoms with Crippen LogP contribution >= 0.6 is 0 Å². The third kappa shape index (κ3) is 7.85. The predicted molar refractivity (Wildman–Crippen MR) is 157 cm³/mol. The van der Waals surface area contributed by atoms with Gasteiger partial charge in [0.25, 0.3) is 5.91 Å². The molecule has 2 aliphatic heterocycles. The normalized spacial score (nSPS) is 22.8. The number of nitrogens with zero attached hydrogens (tertiary/aromatic N) is 2. The predicted octanol–water partition coefficient (Wildman–Crippen LogP) is 4.41. The molecule has 40 heavy (non-hydrogen) atoms. The molecule has 1 aromatic carbocycles. The molecular formula is C31H45N5O4. The first-order valence-electron chi connectivity index (χ1n) is 15.3. The molecule has 5 rings (SSSR count). The van der Waals surface area contributed by atoms with Crippen molar-refractivity contribution in [2.24, 2.45) is 17.8 Å². The van der Waals surface area contributed by atoms with Gasteiger partial charge in [0.05, 0.1) is 11.1 Å². The summed E-state index contributed by atoms with van der Waals surface area (Å²) in [5, 5.41) is 19.2. The van der Waals surface area contributed by atoms with Crippen molar-refractivity contribution in [2.45, 2.75) is 63.8 Å². The molecule has 1 aliphatic carbocycles. The molecule has 1 aromatic heterocycles. The Morgan fingerprint density at radius 3 is 2.27 bits per heavy atom. The topological polar surface area (TPSA) is 116 Å². The second kappa shape index (κ2) is 14.1. The second-order valence-electron chi connectivity index (χ2n) is 11.9. The fraction of sp³-hybridized carbons (Fsp3) is 0.645. The van der Waals surface area contributed by atoms with Crippen LogP contribution in [0.25, 0.3) is 10.9 Å². The first-order valence-corrected chi connectivity index (χ1v) is 15.3. The molecule has 3 aliphatic rings. The maximum atomic E-state index is 13.4. The number of carboxylic acid groups (broad SMARTS) is 1. The van der Waals surface area contributed by atoms with Gasteiger partial charge in [0.1, 0.15) is 5.82 Å². The zero-order chi connectivity index (χ0) is 27.7. The Kier molecular flexibility index (Phi) is 10.1. The minimum absolute atomic E-state index is 0.0383. The lowest BCUT2D eigenvalue weighted by atomic mass is 9.82. The molecule has 1 saturated carbocycles. The zero-order valence-corrected chi connectivity index (χ0v) is 23.6. The van der Waals surface area contributed by atoms with E-state index in [2.05, 4.69) is 20.9 Å². The van der Waals surface area contributed by atoms with Gasteiger partial charge >= 0.3 is 6.09 Å². The summed E-state index contributed by atoms with van der Waals surface area (Å²) >= 11 is 0. The molecule has 0 spiro atoms. The highest BCUT2D eigenvalue weighted by molar-refractivity contribution is 6.07. The Morgan fingerprint density at radius 1 is 0.900 bits per heavy atom. The molecule has 9 nitrogen and oxygen atoms in total. The number of nitrogens with one attached hydrogen (secondary N) is 3. The van der Waals surface area contributed by atoms with Crippen LogP contribution in [0.4, 0.5) is 10.6 Å². The maximum Gasteiger partial charge on any atom is 0.404 e. The number of anilines is 1. The second-order valence-corrected chi connectivity index (χ2v) is 11.9. The molecule has 0 atom stereocenters. The van der Waals surface area contributed by atoms with E-state index in [0.29, 0.717) is 36.5 Å². The number of carbonyl (C=O) groups excluding carboxylic acids is 1. The average Bonchev–Trinajstić information content (AvgIpc) is 2.99. The molecule has 0 bridgehead atoms. The van der Waals surface area contributed by atoms with Crippen molar-refractivity contribution in [3.8, 4) is 0 Å². The van der Waals surface area contributed by atoms with Crippen molar-refractivity contribution in [1.29, 1.82) is 0 Å². The Hall–Kier alpha value is -2.91. The fourth-order valence-electron chi connectivity index (χ4n) is 6.56. The number of para-hydroxylation sites is 1. The van der Waals surface area contributed by atoms with Crippen LogP contribution in [0.2, 0.25) is 0 Å². The molecule has 2 aromatic rings. The highest BCUT2D eigenvalue weighted by Crippen LogP contribution is 2.30. The van der Waals surface area contributed by atoms with E-state index < -0.39 is 6.09 Å². The minimum Gasteiger partial charge on any atom is -0.465 e. The number of piperidine rings is 1. The van der Waals surface area contributed by atoms with Gasteiger partial charge in [-0.25, -0.2) is 9.78 Å². The van der Waals surface area contributed by atoms with Crippen LogP contribution in [0.15, 0.2) is 30.3 Å². The first-order chi connectivity index (χ1) is 19.5. The van der Waals surface area contributed by atoms with Crippen LogP contribution in [-0.4, -0.2) is 74.1 Å². The summed E-state index contributed by atoms with van der Waals surface area (Å²) in [5.74, 6) is 2.40. The number of fused-ring (bicyclic) bond motifs is 1. The van der Waals surface area contributed by atoms with Crippen LogP contribution in [0.1, 0.15) is 68.1 Å². The summed E-state index contributed by atoms with van der Waals surface area (Å²) in [4.78, 5) is 31.5. The molecule has 2 saturated heterocycles. The van der Waals surface area contributed by atoms with E-state index in [-0.39, 0.29) is 5.91 Å². The van der Waals surface area contributed by atoms with Crippen LogP contribution in [0, 0.1) is 17.8 Å². The number of benzene rings is 1. The lowest BCUT2D eigenvalue weighted by molar-refractivity contribution is 0.0776. The molecule has 9 heteroatoms. The highest BCUT2D eigenvalue weighted by Gasteiger charge is 2.25. The lowest BCUT2D eigenvalue weighted by Gasteiger charge is -2.33. The molecule has 0 unspecified atom stereocenters. The number of aromatic nitrogens is 1. The lowest BCUT2D eigenvalue weighted by Crippen LogP contribution is -2.38. The van der Waals surface area contributed by atoms with E-state index in [0.717, 1.165) is 107 Å². The van der Waals surface area contributed by atoms with Gasteiger partial charge in [0.2, 0.25) is 0 Å². The van der Waals surface area contributed by atoms with E-state index in [1.54, 1.807) is 0 Å². The van der Waals surface area contributed by atoms with Gasteiger partial charge in [-0.2, -0.15) is 0 Å². The number of ether oxygens (including phenoxy) is 1. The van der Waals surface area contributed by atoms with E-state index in [4.69, 9.17) is 14.8 Å². The standard InChI is InChI=1S/C31H45N5O4/c37-30(33-20-23-5-7-24(8-6-23)21-34-31(38)39)27-19-29(35-28-4-2-1-3-26(27)28)36-15-10-22(11-16-36)9-14-32-25-12-17-40-18-13-25/h1-4,19,22-25,32,34H,5-18,20-21H2,(H,33,37)(H,38,39). The summed E-state index contributed by atoms with van der Waals surface area (Å²) in [6.07, 6.45) is 8.79. The van der Waals surface area contributed by atoms with Crippen LogP contribution in [0.3, 0.4) is 0 Å². The van der Waals surface area contributed by atoms with Crippen LogP contribution in [-0.2, 0) is 4.74 Å². The van der Waals surface area contributed by atoms with E-state index in [1.165, 1.54) is 6.42 Å².